The molecule has 0 aromatic carbocycles. The van der Waals surface area contributed by atoms with Crippen LogP contribution in [0.3, 0.4) is 0 Å². The second-order valence-electron chi connectivity index (χ2n) is 3.35. The van der Waals surface area contributed by atoms with Crippen LogP contribution in [0.2, 0.25) is 0 Å². The number of primary amides is 1. The molecule has 0 saturated carbocycles. The van der Waals surface area contributed by atoms with Crippen LogP contribution < -0.4 is 11.5 Å². The number of hydrogen-bond acceptors (Lipinski definition) is 3. The van der Waals surface area contributed by atoms with Crippen LogP contribution in [-0.2, 0) is 4.74 Å². The molecule has 0 rings (SSSR count). The van der Waals surface area contributed by atoms with Crippen LogP contribution in [0.1, 0.15) is 39.0 Å². The van der Waals surface area contributed by atoms with E-state index in [0.29, 0.717) is 12.6 Å². The number of amides is 1. The Balaban J connectivity index is 2.96. The third-order valence-corrected chi connectivity index (χ3v) is 1.80. The SMILES string of the molecule is CC(N)CCCCCCOC(N)=O. The maximum absolute atomic E-state index is 10.2. The number of nitrogens with two attached hydrogens (primary N) is 2. The van der Waals surface area contributed by atoms with E-state index in [4.69, 9.17) is 11.5 Å². The van der Waals surface area contributed by atoms with Gasteiger partial charge >= 0.3 is 6.09 Å². The zero-order valence-corrected chi connectivity index (χ0v) is 8.29. The van der Waals surface area contributed by atoms with Crippen molar-refractivity contribution in [1.29, 1.82) is 0 Å². The maximum atomic E-state index is 10.2. The summed E-state index contributed by atoms with van der Waals surface area (Å²) < 4.78 is 4.58. The number of hydrogen-bond donors (Lipinski definition) is 2. The Morgan fingerprint density at radius 2 is 1.92 bits per heavy atom. The van der Waals surface area contributed by atoms with Crippen LogP contribution in [0.25, 0.3) is 0 Å². The lowest BCUT2D eigenvalue weighted by atomic mass is 10.1. The van der Waals surface area contributed by atoms with Gasteiger partial charge in [0.2, 0.25) is 0 Å². The highest BCUT2D eigenvalue weighted by Gasteiger charge is 1.96. The molecule has 1 unspecified atom stereocenters. The molecule has 1 atom stereocenters. The fourth-order valence-corrected chi connectivity index (χ4v) is 1.09. The van der Waals surface area contributed by atoms with Gasteiger partial charge in [-0.2, -0.15) is 0 Å². The summed E-state index contributed by atoms with van der Waals surface area (Å²) in [6, 6.07) is 0.293. The van der Waals surface area contributed by atoms with E-state index < -0.39 is 6.09 Å². The molecular formula is C9H20N2O2. The van der Waals surface area contributed by atoms with Crippen LogP contribution in [0, 0.1) is 0 Å². The van der Waals surface area contributed by atoms with Crippen molar-refractivity contribution < 1.29 is 9.53 Å². The summed E-state index contributed by atoms with van der Waals surface area (Å²) in [7, 11) is 0. The largest absolute Gasteiger partial charge is 0.450 e. The van der Waals surface area contributed by atoms with Crippen molar-refractivity contribution in [2.24, 2.45) is 11.5 Å². The van der Waals surface area contributed by atoms with E-state index in [1.54, 1.807) is 0 Å². The first-order valence-corrected chi connectivity index (χ1v) is 4.80. The summed E-state index contributed by atoms with van der Waals surface area (Å²) in [6.45, 7) is 2.45. The van der Waals surface area contributed by atoms with Crippen molar-refractivity contribution in [3.05, 3.63) is 0 Å². The molecule has 0 saturated heterocycles. The van der Waals surface area contributed by atoms with E-state index >= 15 is 0 Å². The van der Waals surface area contributed by atoms with Gasteiger partial charge in [-0.3, -0.25) is 0 Å². The molecule has 0 aromatic rings. The van der Waals surface area contributed by atoms with Gasteiger partial charge < -0.3 is 16.2 Å². The molecule has 0 heterocycles. The molecular weight excluding hydrogens is 168 g/mol. The first kappa shape index (κ1) is 12.2. The van der Waals surface area contributed by atoms with Gasteiger partial charge in [0.15, 0.2) is 0 Å². The van der Waals surface area contributed by atoms with E-state index in [2.05, 4.69) is 4.74 Å². The number of ether oxygens (including phenoxy) is 1. The highest BCUT2D eigenvalue weighted by atomic mass is 16.5. The fraction of sp³-hybridized carbons (Fsp3) is 0.889. The van der Waals surface area contributed by atoms with Crippen molar-refractivity contribution in [2.45, 2.75) is 45.1 Å². The van der Waals surface area contributed by atoms with Crippen molar-refractivity contribution in [1.82, 2.24) is 0 Å². The summed E-state index contributed by atoms with van der Waals surface area (Å²) in [6.07, 6.45) is 4.63. The Morgan fingerprint density at radius 3 is 2.46 bits per heavy atom. The number of carbonyl (C=O) groups excluding carboxylic acids is 1. The minimum atomic E-state index is -0.685. The van der Waals surface area contributed by atoms with Crippen LogP contribution in [0.15, 0.2) is 0 Å². The Hall–Kier alpha value is -0.770. The predicted molar refractivity (Wildman–Crippen MR) is 52.3 cm³/mol. The zero-order valence-electron chi connectivity index (χ0n) is 8.29. The van der Waals surface area contributed by atoms with Crippen LogP contribution in [-0.4, -0.2) is 18.7 Å². The third kappa shape index (κ3) is 11.2. The average Bonchev–Trinajstić information content (AvgIpc) is 2.01. The molecule has 0 bridgehead atoms. The predicted octanol–water partition coefficient (Wildman–Crippen LogP) is 1.38. The lowest BCUT2D eigenvalue weighted by Crippen LogP contribution is -2.14. The van der Waals surface area contributed by atoms with Crippen LogP contribution in [0.4, 0.5) is 4.79 Å². The number of rotatable bonds is 7. The summed E-state index contributed by atoms with van der Waals surface area (Å²) >= 11 is 0. The van der Waals surface area contributed by atoms with E-state index in [9.17, 15) is 4.79 Å². The molecule has 0 aliphatic rings. The molecule has 0 aromatic heterocycles. The van der Waals surface area contributed by atoms with Gasteiger partial charge in [-0.05, 0) is 19.8 Å². The quantitative estimate of drug-likeness (QED) is 0.592. The molecule has 4 nitrogen and oxygen atoms in total. The molecule has 0 aliphatic heterocycles. The van der Waals surface area contributed by atoms with Crippen molar-refractivity contribution in [2.75, 3.05) is 6.61 Å². The smallest absolute Gasteiger partial charge is 0.404 e. The Morgan fingerprint density at radius 1 is 1.31 bits per heavy atom. The fourth-order valence-electron chi connectivity index (χ4n) is 1.09. The van der Waals surface area contributed by atoms with Crippen LogP contribution in [0.5, 0.6) is 0 Å². The first-order valence-electron chi connectivity index (χ1n) is 4.80. The third-order valence-electron chi connectivity index (χ3n) is 1.80. The van der Waals surface area contributed by atoms with Gasteiger partial charge in [0.05, 0.1) is 6.61 Å². The molecule has 0 fully saturated rings. The standard InChI is InChI=1S/C9H20N2O2/c1-8(10)6-4-2-3-5-7-13-9(11)12/h8H,2-7,10H2,1H3,(H2,11,12). The monoisotopic (exact) mass is 188 g/mol. The molecule has 4 N–H and O–H groups in total. The highest BCUT2D eigenvalue weighted by molar-refractivity contribution is 5.64. The number of carbonyl (C=O) groups is 1. The van der Waals surface area contributed by atoms with Crippen molar-refractivity contribution >= 4 is 6.09 Å². The topological polar surface area (TPSA) is 78.3 Å². The van der Waals surface area contributed by atoms with E-state index in [0.717, 1.165) is 32.1 Å². The Kier molecular flexibility index (Phi) is 7.39. The zero-order chi connectivity index (χ0) is 10.1. The van der Waals surface area contributed by atoms with E-state index in [1.807, 2.05) is 6.92 Å². The van der Waals surface area contributed by atoms with Gasteiger partial charge in [0, 0.05) is 6.04 Å². The average molecular weight is 188 g/mol. The number of unbranched alkanes of at least 4 members (excludes halogenated alkanes) is 3. The van der Waals surface area contributed by atoms with E-state index in [-0.39, 0.29) is 0 Å². The Labute approximate surface area is 79.6 Å². The molecule has 0 spiro atoms. The van der Waals surface area contributed by atoms with E-state index in [1.165, 1.54) is 0 Å². The second kappa shape index (κ2) is 7.86. The first-order chi connectivity index (χ1) is 6.13. The molecule has 1 amide bonds. The molecule has 4 heteroatoms. The van der Waals surface area contributed by atoms with Gasteiger partial charge in [-0.25, -0.2) is 4.79 Å². The maximum Gasteiger partial charge on any atom is 0.404 e. The summed E-state index contributed by atoms with van der Waals surface area (Å²) in [4.78, 5) is 10.2. The summed E-state index contributed by atoms with van der Waals surface area (Å²) in [5, 5.41) is 0. The highest BCUT2D eigenvalue weighted by Crippen LogP contribution is 2.04. The lowest BCUT2D eigenvalue weighted by molar-refractivity contribution is 0.154. The molecule has 78 valence electrons. The van der Waals surface area contributed by atoms with Crippen LogP contribution >= 0.6 is 0 Å². The summed E-state index contributed by atoms with van der Waals surface area (Å²) in [5.74, 6) is 0. The molecule has 13 heavy (non-hydrogen) atoms. The van der Waals surface area contributed by atoms with Gasteiger partial charge in [0.1, 0.15) is 0 Å². The minimum absolute atomic E-state index is 0.293. The summed E-state index contributed by atoms with van der Waals surface area (Å²) in [5.41, 5.74) is 10.4. The van der Waals surface area contributed by atoms with Gasteiger partial charge in [-0.15, -0.1) is 0 Å². The van der Waals surface area contributed by atoms with Gasteiger partial charge in [-0.1, -0.05) is 19.3 Å². The second-order valence-corrected chi connectivity index (χ2v) is 3.35. The van der Waals surface area contributed by atoms with Gasteiger partial charge in [0.25, 0.3) is 0 Å². The van der Waals surface area contributed by atoms with Crippen molar-refractivity contribution in [3.8, 4) is 0 Å². The Bertz CT molecular complexity index is 138. The molecule has 0 aliphatic carbocycles. The minimum Gasteiger partial charge on any atom is -0.450 e. The lowest BCUT2D eigenvalue weighted by Gasteiger charge is -2.04. The normalized spacial score (nSPS) is 12.5. The molecule has 0 radical (unpaired) electrons. The van der Waals surface area contributed by atoms with Crippen molar-refractivity contribution in [3.63, 3.8) is 0 Å².